The Hall–Kier alpha value is -9.72. The Labute approximate surface area is 412 Å². The molecule has 14 aromatic rings. The van der Waals surface area contributed by atoms with Crippen molar-refractivity contribution < 1.29 is 8.83 Å². The molecule has 0 unspecified atom stereocenters. The molecule has 0 amide bonds. The fourth-order valence-corrected chi connectivity index (χ4v) is 12.1. The predicted molar refractivity (Wildman–Crippen MR) is 287 cm³/mol. The molecule has 0 bridgehead atoms. The third kappa shape index (κ3) is 5.39. The maximum Gasteiger partial charge on any atom is 0.164 e. The van der Waals surface area contributed by atoms with Crippen molar-refractivity contribution in [3.63, 3.8) is 0 Å². The number of imidazole rings is 1. The van der Waals surface area contributed by atoms with E-state index >= 15 is 0 Å². The number of nitrogens with zero attached hydrogens (tertiary/aromatic N) is 5. The molecule has 16 rings (SSSR count). The van der Waals surface area contributed by atoms with Crippen LogP contribution in [-0.4, -0.2) is 24.5 Å². The van der Waals surface area contributed by atoms with Gasteiger partial charge >= 0.3 is 0 Å². The van der Waals surface area contributed by atoms with Gasteiger partial charge < -0.3 is 8.83 Å². The molecule has 0 radical (unpaired) electrons. The molecule has 2 aliphatic carbocycles. The summed E-state index contributed by atoms with van der Waals surface area (Å²) in [6, 6.07) is 78.7. The molecule has 0 atom stereocenters. The summed E-state index contributed by atoms with van der Waals surface area (Å²) in [4.78, 5) is 20.9. The van der Waals surface area contributed by atoms with E-state index in [2.05, 4.69) is 180 Å². The Balaban J connectivity index is 0.926. The molecule has 2 aliphatic rings. The van der Waals surface area contributed by atoms with Gasteiger partial charge in [0.05, 0.1) is 16.4 Å². The molecule has 0 saturated heterocycles. The highest BCUT2D eigenvalue weighted by Gasteiger charge is 2.53. The van der Waals surface area contributed by atoms with Crippen LogP contribution < -0.4 is 0 Å². The zero-order chi connectivity index (χ0) is 47.1. The van der Waals surface area contributed by atoms with Gasteiger partial charge in [-0.1, -0.05) is 152 Å². The van der Waals surface area contributed by atoms with Crippen molar-refractivity contribution in [2.75, 3.05) is 0 Å². The largest absolute Gasteiger partial charge is 0.456 e. The second-order valence-electron chi connectivity index (χ2n) is 18.9. The number of para-hydroxylation sites is 4. The summed E-state index contributed by atoms with van der Waals surface area (Å²) < 4.78 is 15.8. The first kappa shape index (κ1) is 39.2. The molecule has 10 aromatic carbocycles. The number of hydrogen-bond donors (Lipinski definition) is 0. The third-order valence-corrected chi connectivity index (χ3v) is 15.1. The van der Waals surface area contributed by atoms with Crippen molar-refractivity contribution in [3.05, 3.63) is 247 Å². The Morgan fingerprint density at radius 3 is 1.76 bits per heavy atom. The molecule has 0 saturated carbocycles. The summed E-state index contributed by atoms with van der Waals surface area (Å²) in [5, 5.41) is 4.27. The highest BCUT2D eigenvalue weighted by molar-refractivity contribution is 6.16. The highest BCUT2D eigenvalue weighted by atomic mass is 16.3. The summed E-state index contributed by atoms with van der Waals surface area (Å²) in [5.74, 6) is 2.54. The molecular weight excluding hydrogens is 883 g/mol. The van der Waals surface area contributed by atoms with E-state index in [9.17, 15) is 0 Å². The van der Waals surface area contributed by atoms with E-state index in [1.807, 2.05) is 48.5 Å². The zero-order valence-electron chi connectivity index (χ0n) is 38.4. The first-order valence-electron chi connectivity index (χ1n) is 24.3. The minimum atomic E-state index is -0.662. The van der Waals surface area contributed by atoms with Gasteiger partial charge in [-0.3, -0.25) is 4.57 Å². The SMILES string of the molecule is c1ccc(-c2nc(-c3cccc(-c4nc5ccccc5n4-c4ccccc4)c3)nc(-c3ccc4oc5ccc6c(c5c4c3)C3(c4ccccc4-c4ccccc43)c3cc4oc5ccccc5c4cc3-6)n2)cc1. The number of rotatable bonds is 5. The van der Waals surface area contributed by atoms with E-state index in [0.717, 1.165) is 88.7 Å². The first-order chi connectivity index (χ1) is 35.7. The van der Waals surface area contributed by atoms with E-state index in [1.165, 1.54) is 44.5 Å². The molecule has 0 fully saturated rings. The molecule has 0 N–H and O–H groups in total. The zero-order valence-corrected chi connectivity index (χ0v) is 38.4. The summed E-state index contributed by atoms with van der Waals surface area (Å²) in [7, 11) is 0. The van der Waals surface area contributed by atoms with Crippen LogP contribution in [0.25, 0.3) is 128 Å². The van der Waals surface area contributed by atoms with Crippen LogP contribution in [0.3, 0.4) is 0 Å². The van der Waals surface area contributed by atoms with Crippen molar-refractivity contribution in [2.24, 2.45) is 0 Å². The minimum Gasteiger partial charge on any atom is -0.456 e. The summed E-state index contributed by atoms with van der Waals surface area (Å²) in [6.07, 6.45) is 0. The molecule has 72 heavy (non-hydrogen) atoms. The van der Waals surface area contributed by atoms with E-state index in [1.54, 1.807) is 0 Å². The lowest BCUT2D eigenvalue weighted by atomic mass is 9.69. The van der Waals surface area contributed by atoms with Crippen molar-refractivity contribution >= 4 is 54.9 Å². The van der Waals surface area contributed by atoms with Gasteiger partial charge in [0.2, 0.25) is 0 Å². The van der Waals surface area contributed by atoms with Crippen molar-refractivity contribution in [3.8, 4) is 73.5 Å². The smallest absolute Gasteiger partial charge is 0.164 e. The van der Waals surface area contributed by atoms with Crippen LogP contribution in [0, 0.1) is 0 Å². The number of fused-ring (bicyclic) bond motifs is 18. The van der Waals surface area contributed by atoms with Gasteiger partial charge in [0.25, 0.3) is 0 Å². The lowest BCUT2D eigenvalue weighted by Crippen LogP contribution is -2.26. The topological polar surface area (TPSA) is 82.8 Å². The summed E-state index contributed by atoms with van der Waals surface area (Å²) in [5.41, 5.74) is 19.0. The Morgan fingerprint density at radius 2 is 0.958 bits per heavy atom. The van der Waals surface area contributed by atoms with Crippen LogP contribution in [-0.2, 0) is 5.41 Å². The fourth-order valence-electron chi connectivity index (χ4n) is 12.1. The van der Waals surface area contributed by atoms with Gasteiger partial charge in [0.15, 0.2) is 17.5 Å². The maximum atomic E-state index is 6.89. The minimum absolute atomic E-state index is 0.561. The van der Waals surface area contributed by atoms with E-state index in [4.69, 9.17) is 28.8 Å². The van der Waals surface area contributed by atoms with E-state index < -0.39 is 5.41 Å². The predicted octanol–water partition coefficient (Wildman–Crippen LogP) is 16.0. The van der Waals surface area contributed by atoms with Crippen LogP contribution in [0.4, 0.5) is 0 Å². The maximum absolute atomic E-state index is 6.89. The molecule has 4 aromatic heterocycles. The van der Waals surface area contributed by atoms with Crippen LogP contribution >= 0.6 is 0 Å². The lowest BCUT2D eigenvalue weighted by Gasteiger charge is -2.31. The molecule has 1 spiro atoms. The number of hydrogen-bond acceptors (Lipinski definition) is 6. The van der Waals surface area contributed by atoms with Crippen molar-refractivity contribution in [1.82, 2.24) is 24.5 Å². The average Bonchev–Trinajstić information content (AvgIpc) is 4.26. The van der Waals surface area contributed by atoms with Gasteiger partial charge in [-0.15, -0.1) is 0 Å². The third-order valence-electron chi connectivity index (χ3n) is 15.1. The second-order valence-corrected chi connectivity index (χ2v) is 18.9. The summed E-state index contributed by atoms with van der Waals surface area (Å²) in [6.45, 7) is 0. The Morgan fingerprint density at radius 1 is 0.347 bits per heavy atom. The Bertz CT molecular complexity index is 4540. The van der Waals surface area contributed by atoms with Gasteiger partial charge in [-0.2, -0.15) is 0 Å². The quantitative estimate of drug-likeness (QED) is 0.171. The lowest BCUT2D eigenvalue weighted by molar-refractivity contribution is 0.666. The summed E-state index contributed by atoms with van der Waals surface area (Å²) >= 11 is 0. The van der Waals surface area contributed by atoms with Gasteiger partial charge in [-0.05, 0) is 117 Å². The highest BCUT2D eigenvalue weighted by Crippen LogP contribution is 2.65. The van der Waals surface area contributed by atoms with Crippen LogP contribution in [0.2, 0.25) is 0 Å². The van der Waals surface area contributed by atoms with Crippen molar-refractivity contribution in [1.29, 1.82) is 0 Å². The fraction of sp³-hybridized carbons (Fsp3) is 0.0154. The monoisotopic (exact) mass is 919 g/mol. The van der Waals surface area contributed by atoms with Crippen LogP contribution in [0.15, 0.2) is 233 Å². The van der Waals surface area contributed by atoms with Gasteiger partial charge in [0, 0.05) is 49.5 Å². The van der Waals surface area contributed by atoms with Gasteiger partial charge in [-0.25, -0.2) is 19.9 Å². The molecule has 7 heteroatoms. The normalized spacial score (nSPS) is 13.1. The molecule has 4 heterocycles. The first-order valence-corrected chi connectivity index (χ1v) is 24.3. The molecule has 0 aliphatic heterocycles. The second kappa shape index (κ2) is 14.7. The molecule has 7 nitrogen and oxygen atoms in total. The van der Waals surface area contributed by atoms with E-state index in [-0.39, 0.29) is 0 Å². The van der Waals surface area contributed by atoms with Crippen LogP contribution in [0.5, 0.6) is 0 Å². The van der Waals surface area contributed by atoms with Crippen molar-refractivity contribution in [2.45, 2.75) is 5.41 Å². The molecular formula is C65H37N5O2. The average molecular weight is 920 g/mol. The Kier molecular flexibility index (Phi) is 7.97. The van der Waals surface area contributed by atoms with E-state index in [0.29, 0.717) is 17.5 Å². The van der Waals surface area contributed by atoms with Gasteiger partial charge in [0.1, 0.15) is 28.2 Å². The number of aromatic nitrogens is 5. The molecule has 334 valence electrons. The number of benzene rings is 10. The number of furan rings is 2. The van der Waals surface area contributed by atoms with Crippen LogP contribution in [0.1, 0.15) is 22.3 Å². The standard InChI is InChI=1S/C65H37N5O2/c1-3-16-38(17-4-1)61-67-62(39-18-15-19-41(34-39)64-66-53-27-12-13-28-54(53)70(64)42-20-5-2-6-21-42)69-63(68-61)40-30-32-56-49(35-40)59-57(71-56)33-31-46-47-36-48-45-24-9-14-29-55(45)72-58(48)37-52(47)65(60(46)59)50-25-10-7-22-43(50)44-23-8-11-26-51(44)65/h1-37H.